The van der Waals surface area contributed by atoms with E-state index in [2.05, 4.69) is 41.2 Å². The van der Waals surface area contributed by atoms with Crippen molar-refractivity contribution in [3.8, 4) is 0 Å². The third kappa shape index (κ3) is 7.51. The van der Waals surface area contributed by atoms with Crippen molar-refractivity contribution < 1.29 is 0 Å². The van der Waals surface area contributed by atoms with Crippen molar-refractivity contribution in [2.75, 3.05) is 58.9 Å². The molecule has 23 heavy (non-hydrogen) atoms. The van der Waals surface area contributed by atoms with Gasteiger partial charge in [0.15, 0.2) is 0 Å². The number of hydrogen-bond acceptors (Lipinski definition) is 4. The zero-order valence-corrected chi connectivity index (χ0v) is 15.8. The van der Waals surface area contributed by atoms with E-state index >= 15 is 0 Å². The van der Waals surface area contributed by atoms with Crippen LogP contribution in [0.4, 0.5) is 0 Å². The van der Waals surface area contributed by atoms with Crippen LogP contribution in [-0.4, -0.2) is 74.7 Å². The third-order valence-electron chi connectivity index (χ3n) is 5.52. The first-order valence-electron chi connectivity index (χ1n) is 10.0. The second-order valence-corrected chi connectivity index (χ2v) is 8.09. The number of rotatable bonds is 10. The molecule has 2 saturated heterocycles. The summed E-state index contributed by atoms with van der Waals surface area (Å²) >= 11 is 0. The van der Waals surface area contributed by atoms with Crippen molar-refractivity contribution in [1.29, 1.82) is 0 Å². The van der Waals surface area contributed by atoms with Crippen LogP contribution < -0.4 is 10.6 Å². The van der Waals surface area contributed by atoms with Crippen LogP contribution in [-0.2, 0) is 0 Å². The Balaban J connectivity index is 1.37. The first kappa shape index (κ1) is 19.2. The summed E-state index contributed by atoms with van der Waals surface area (Å²) in [6.45, 7) is 18.0. The largest absolute Gasteiger partial charge is 0.315 e. The van der Waals surface area contributed by atoms with Crippen LogP contribution in [0.15, 0.2) is 0 Å². The summed E-state index contributed by atoms with van der Waals surface area (Å²) in [7, 11) is 0. The molecular weight excluding hydrogens is 284 g/mol. The lowest BCUT2D eigenvalue weighted by molar-refractivity contribution is 0.142. The predicted molar refractivity (Wildman–Crippen MR) is 100 cm³/mol. The number of nitrogens with zero attached hydrogens (tertiary/aromatic N) is 2. The molecule has 0 aliphatic carbocycles. The minimum Gasteiger partial charge on any atom is -0.315 e. The first-order valence-corrected chi connectivity index (χ1v) is 10.0. The quantitative estimate of drug-likeness (QED) is 0.602. The predicted octanol–water partition coefficient (Wildman–Crippen LogP) is 2.02. The lowest BCUT2D eigenvalue weighted by Gasteiger charge is -2.34. The summed E-state index contributed by atoms with van der Waals surface area (Å²) in [6.07, 6.45) is 5.48. The molecule has 136 valence electrons. The van der Waals surface area contributed by atoms with Crippen molar-refractivity contribution in [1.82, 2.24) is 20.4 Å². The monoisotopic (exact) mass is 324 g/mol. The molecule has 0 aromatic heterocycles. The fourth-order valence-electron chi connectivity index (χ4n) is 4.37. The Morgan fingerprint density at radius 3 is 2.22 bits per heavy atom. The smallest absolute Gasteiger partial charge is 0.0107 e. The minimum atomic E-state index is 0.817. The van der Waals surface area contributed by atoms with E-state index in [1.54, 1.807) is 0 Å². The van der Waals surface area contributed by atoms with Crippen molar-refractivity contribution in [3.05, 3.63) is 0 Å². The van der Waals surface area contributed by atoms with Gasteiger partial charge in [-0.1, -0.05) is 13.8 Å². The Labute approximate surface area is 144 Å². The maximum atomic E-state index is 3.59. The molecule has 1 unspecified atom stereocenters. The first-order chi connectivity index (χ1) is 11.1. The number of piperidine rings is 1. The Morgan fingerprint density at radius 2 is 1.57 bits per heavy atom. The van der Waals surface area contributed by atoms with Gasteiger partial charge in [-0.15, -0.1) is 0 Å². The molecule has 0 amide bonds. The zero-order valence-electron chi connectivity index (χ0n) is 15.8. The van der Waals surface area contributed by atoms with E-state index in [1.165, 1.54) is 58.4 Å². The molecule has 0 aromatic carbocycles. The molecular formula is C19H40N4. The molecule has 2 aliphatic heterocycles. The summed E-state index contributed by atoms with van der Waals surface area (Å²) < 4.78 is 0. The standard InChI is InChI=1S/C19H40N4/c1-17-14-18(2)16-22(15-17)13-10-21-9-8-20-7-5-12-23-11-4-6-19(23)3/h17-21H,4-16H2,1-3H3/t17-,18+,19?. The van der Waals surface area contributed by atoms with Gasteiger partial charge in [-0.2, -0.15) is 0 Å². The Kier molecular flexibility index (Phi) is 8.88. The summed E-state index contributed by atoms with van der Waals surface area (Å²) in [6, 6.07) is 0.817. The molecule has 3 atom stereocenters. The second kappa shape index (κ2) is 10.7. The van der Waals surface area contributed by atoms with E-state index in [0.717, 1.165) is 44.1 Å². The van der Waals surface area contributed by atoms with Crippen molar-refractivity contribution in [3.63, 3.8) is 0 Å². The fraction of sp³-hybridized carbons (Fsp3) is 1.00. The Bertz CT molecular complexity index is 300. The maximum Gasteiger partial charge on any atom is 0.0107 e. The topological polar surface area (TPSA) is 30.5 Å². The van der Waals surface area contributed by atoms with E-state index < -0.39 is 0 Å². The van der Waals surface area contributed by atoms with Gasteiger partial charge in [0.05, 0.1) is 0 Å². The van der Waals surface area contributed by atoms with E-state index in [0.29, 0.717) is 0 Å². The maximum absolute atomic E-state index is 3.59. The van der Waals surface area contributed by atoms with Crippen LogP contribution in [0.5, 0.6) is 0 Å². The van der Waals surface area contributed by atoms with Crippen molar-refractivity contribution in [2.45, 2.75) is 52.5 Å². The molecule has 0 spiro atoms. The number of hydrogen-bond donors (Lipinski definition) is 2. The highest BCUT2D eigenvalue weighted by Crippen LogP contribution is 2.20. The van der Waals surface area contributed by atoms with Crippen LogP contribution in [0.25, 0.3) is 0 Å². The molecule has 0 saturated carbocycles. The molecule has 0 bridgehead atoms. The summed E-state index contributed by atoms with van der Waals surface area (Å²) in [4.78, 5) is 5.27. The van der Waals surface area contributed by atoms with Crippen molar-refractivity contribution in [2.24, 2.45) is 11.8 Å². The van der Waals surface area contributed by atoms with Gasteiger partial charge in [0.25, 0.3) is 0 Å². The average molecular weight is 325 g/mol. The van der Waals surface area contributed by atoms with Crippen molar-refractivity contribution >= 4 is 0 Å². The third-order valence-corrected chi connectivity index (χ3v) is 5.52. The highest BCUT2D eigenvalue weighted by atomic mass is 15.2. The van der Waals surface area contributed by atoms with E-state index in [9.17, 15) is 0 Å². The van der Waals surface area contributed by atoms with Crippen LogP contribution in [0, 0.1) is 11.8 Å². The van der Waals surface area contributed by atoms with Crippen LogP contribution in [0.3, 0.4) is 0 Å². The van der Waals surface area contributed by atoms with Gasteiger partial charge in [-0.05, 0) is 64.1 Å². The average Bonchev–Trinajstić information content (AvgIpc) is 2.90. The lowest BCUT2D eigenvalue weighted by atomic mass is 9.92. The highest BCUT2D eigenvalue weighted by molar-refractivity contribution is 4.76. The van der Waals surface area contributed by atoms with Gasteiger partial charge in [-0.3, -0.25) is 0 Å². The number of likely N-dealkylation sites (tertiary alicyclic amines) is 2. The van der Waals surface area contributed by atoms with Crippen LogP contribution in [0.1, 0.15) is 46.5 Å². The van der Waals surface area contributed by atoms with Gasteiger partial charge >= 0.3 is 0 Å². The van der Waals surface area contributed by atoms with Crippen LogP contribution >= 0.6 is 0 Å². The second-order valence-electron chi connectivity index (χ2n) is 8.09. The minimum absolute atomic E-state index is 0.817. The molecule has 2 rings (SSSR count). The molecule has 0 radical (unpaired) electrons. The van der Waals surface area contributed by atoms with Crippen LogP contribution in [0.2, 0.25) is 0 Å². The Morgan fingerprint density at radius 1 is 0.870 bits per heavy atom. The molecule has 2 aliphatic rings. The highest BCUT2D eigenvalue weighted by Gasteiger charge is 2.21. The molecule has 4 heteroatoms. The van der Waals surface area contributed by atoms with Gasteiger partial charge < -0.3 is 20.4 Å². The molecule has 2 heterocycles. The van der Waals surface area contributed by atoms with Gasteiger partial charge in [0.2, 0.25) is 0 Å². The van der Waals surface area contributed by atoms with E-state index in [4.69, 9.17) is 0 Å². The normalized spacial score (nSPS) is 30.1. The molecule has 4 nitrogen and oxygen atoms in total. The number of nitrogens with one attached hydrogen (secondary N) is 2. The Hall–Kier alpha value is -0.160. The molecule has 2 fully saturated rings. The summed E-state index contributed by atoms with van der Waals surface area (Å²) in [5.74, 6) is 1.75. The zero-order chi connectivity index (χ0) is 16.5. The molecule has 0 aromatic rings. The lowest BCUT2D eigenvalue weighted by Crippen LogP contribution is -2.42. The SMILES string of the molecule is CC1CCCN1CCCNCCNCCN1C[C@H](C)C[C@H](C)C1. The van der Waals surface area contributed by atoms with Gasteiger partial charge in [-0.25, -0.2) is 0 Å². The van der Waals surface area contributed by atoms with E-state index in [-0.39, 0.29) is 0 Å². The fourth-order valence-corrected chi connectivity index (χ4v) is 4.37. The molecule has 2 N–H and O–H groups in total. The van der Waals surface area contributed by atoms with E-state index in [1.807, 2.05) is 0 Å². The summed E-state index contributed by atoms with van der Waals surface area (Å²) in [5.41, 5.74) is 0. The summed E-state index contributed by atoms with van der Waals surface area (Å²) in [5, 5.41) is 7.16. The van der Waals surface area contributed by atoms with Gasteiger partial charge in [0.1, 0.15) is 0 Å². The van der Waals surface area contributed by atoms with Gasteiger partial charge in [0, 0.05) is 45.3 Å².